The fourth-order valence-electron chi connectivity index (χ4n) is 4.08. The summed E-state index contributed by atoms with van der Waals surface area (Å²) in [5.41, 5.74) is 1.05. The molecule has 5 rings (SSSR count). The minimum Gasteiger partial charge on any atom is -0.376 e. The summed E-state index contributed by atoms with van der Waals surface area (Å²) in [6.45, 7) is 2.99. The van der Waals surface area contributed by atoms with E-state index in [4.69, 9.17) is 9.72 Å². The van der Waals surface area contributed by atoms with Crippen LogP contribution >= 0.6 is 23.1 Å². The number of thioether (sulfide) groups is 1. The van der Waals surface area contributed by atoms with Gasteiger partial charge in [-0.05, 0) is 48.2 Å². The molecular weight excluding hydrogens is 420 g/mol. The Morgan fingerprint density at radius 3 is 3.07 bits per heavy atom. The van der Waals surface area contributed by atoms with Crippen LogP contribution in [0.25, 0.3) is 10.2 Å². The Balaban J connectivity index is 1.19. The molecule has 2 aliphatic rings. The maximum Gasteiger partial charge on any atom is 0.233 e. The first-order chi connectivity index (χ1) is 14.8. The molecule has 0 spiro atoms. The number of ether oxygens (including phenoxy) is 1. The number of nitrogens with zero attached hydrogens (tertiary/aromatic N) is 6. The SMILES string of the molecule is O=C(CSc1nnnn1C[C@H]1CCCO1)N1CCC[C@H](c2nc3ccccc3s2)C1. The molecule has 2 aliphatic heterocycles. The first-order valence-electron chi connectivity index (χ1n) is 10.4. The first-order valence-corrected chi connectivity index (χ1v) is 12.2. The number of rotatable bonds is 6. The van der Waals surface area contributed by atoms with Gasteiger partial charge in [0.15, 0.2) is 0 Å². The lowest BCUT2D eigenvalue weighted by Crippen LogP contribution is -2.40. The fraction of sp³-hybridized carbons (Fsp3) is 0.550. The second-order valence-electron chi connectivity index (χ2n) is 7.77. The summed E-state index contributed by atoms with van der Waals surface area (Å²) in [6.07, 6.45) is 4.37. The van der Waals surface area contributed by atoms with Crippen LogP contribution in [-0.4, -0.2) is 67.6 Å². The van der Waals surface area contributed by atoms with Crippen LogP contribution in [0.2, 0.25) is 0 Å². The van der Waals surface area contributed by atoms with Crippen molar-refractivity contribution in [2.75, 3.05) is 25.4 Å². The second kappa shape index (κ2) is 8.99. The number of amides is 1. The maximum atomic E-state index is 12.9. The number of likely N-dealkylation sites (tertiary alicyclic amines) is 1. The van der Waals surface area contributed by atoms with E-state index in [1.807, 2.05) is 17.0 Å². The Labute approximate surface area is 183 Å². The van der Waals surface area contributed by atoms with Crippen LogP contribution in [0.5, 0.6) is 0 Å². The lowest BCUT2D eigenvalue weighted by atomic mass is 9.99. The number of thiazole rings is 1. The number of piperidine rings is 1. The van der Waals surface area contributed by atoms with Crippen molar-refractivity contribution in [3.8, 4) is 0 Å². The Morgan fingerprint density at radius 1 is 1.27 bits per heavy atom. The standard InChI is InChI=1S/C20H24N6O2S2/c27-18(13-29-20-22-23-24-26(20)12-15-6-4-10-28-15)25-9-3-5-14(11-25)19-21-16-7-1-2-8-17(16)30-19/h1-2,7-8,14-15H,3-6,9-13H2/t14-,15+/m0/s1. The predicted molar refractivity (Wildman–Crippen MR) is 116 cm³/mol. The van der Waals surface area contributed by atoms with Crippen molar-refractivity contribution in [3.63, 3.8) is 0 Å². The molecule has 4 heterocycles. The molecule has 2 fully saturated rings. The first kappa shape index (κ1) is 19.9. The summed E-state index contributed by atoms with van der Waals surface area (Å²) in [4.78, 5) is 19.7. The van der Waals surface area contributed by atoms with Crippen molar-refractivity contribution >= 4 is 39.2 Å². The van der Waals surface area contributed by atoms with Gasteiger partial charge in [0.1, 0.15) is 0 Å². The number of hydrogen-bond donors (Lipinski definition) is 0. The van der Waals surface area contributed by atoms with Crippen LogP contribution in [0.4, 0.5) is 0 Å². The average Bonchev–Trinajstić information content (AvgIpc) is 3.53. The molecule has 0 saturated carbocycles. The summed E-state index contributed by atoms with van der Waals surface area (Å²) in [6, 6.07) is 8.23. The van der Waals surface area contributed by atoms with E-state index in [1.54, 1.807) is 16.0 Å². The molecule has 3 aromatic rings. The second-order valence-corrected chi connectivity index (χ2v) is 9.77. The molecule has 2 saturated heterocycles. The summed E-state index contributed by atoms with van der Waals surface area (Å²) in [5.74, 6) is 0.797. The summed E-state index contributed by atoms with van der Waals surface area (Å²) >= 11 is 3.16. The van der Waals surface area contributed by atoms with Crippen LogP contribution in [-0.2, 0) is 16.1 Å². The topological polar surface area (TPSA) is 86.0 Å². The third kappa shape index (κ3) is 4.35. The van der Waals surface area contributed by atoms with Gasteiger partial charge in [-0.1, -0.05) is 23.9 Å². The zero-order valence-electron chi connectivity index (χ0n) is 16.6. The third-order valence-corrected chi connectivity index (χ3v) is 7.80. The van der Waals surface area contributed by atoms with Crippen molar-refractivity contribution in [1.29, 1.82) is 0 Å². The highest BCUT2D eigenvalue weighted by atomic mass is 32.2. The van der Waals surface area contributed by atoms with Gasteiger partial charge in [0.05, 0.1) is 33.6 Å². The number of aromatic nitrogens is 5. The van der Waals surface area contributed by atoms with E-state index >= 15 is 0 Å². The maximum absolute atomic E-state index is 12.9. The van der Waals surface area contributed by atoms with Gasteiger partial charge in [-0.3, -0.25) is 4.79 Å². The Hall–Kier alpha value is -2.04. The van der Waals surface area contributed by atoms with E-state index in [0.29, 0.717) is 23.4 Å². The van der Waals surface area contributed by atoms with Crippen LogP contribution in [0.15, 0.2) is 29.4 Å². The van der Waals surface area contributed by atoms with Crippen LogP contribution in [0, 0.1) is 0 Å². The van der Waals surface area contributed by atoms with Gasteiger partial charge >= 0.3 is 0 Å². The molecule has 10 heteroatoms. The minimum atomic E-state index is 0.137. The molecule has 0 bridgehead atoms. The number of para-hydroxylation sites is 1. The molecule has 0 N–H and O–H groups in total. The lowest BCUT2D eigenvalue weighted by Gasteiger charge is -2.31. The number of carbonyl (C=O) groups excluding carboxylic acids is 1. The summed E-state index contributed by atoms with van der Waals surface area (Å²) in [7, 11) is 0. The lowest BCUT2D eigenvalue weighted by molar-refractivity contribution is -0.129. The minimum absolute atomic E-state index is 0.137. The molecule has 0 unspecified atom stereocenters. The summed E-state index contributed by atoms with van der Waals surface area (Å²) < 4.78 is 8.64. The molecule has 2 atom stereocenters. The van der Waals surface area contributed by atoms with Crippen LogP contribution in [0.3, 0.4) is 0 Å². The molecule has 30 heavy (non-hydrogen) atoms. The van der Waals surface area contributed by atoms with E-state index in [2.05, 4.69) is 27.7 Å². The molecule has 1 aromatic carbocycles. The van der Waals surface area contributed by atoms with Gasteiger partial charge in [0.2, 0.25) is 11.1 Å². The van der Waals surface area contributed by atoms with E-state index in [0.717, 1.165) is 55.9 Å². The molecule has 158 valence electrons. The molecule has 8 nitrogen and oxygen atoms in total. The smallest absolute Gasteiger partial charge is 0.233 e. The highest BCUT2D eigenvalue weighted by Gasteiger charge is 2.27. The normalized spacial score (nSPS) is 22.1. The van der Waals surface area contributed by atoms with Crippen molar-refractivity contribution in [1.82, 2.24) is 30.1 Å². The molecule has 2 aromatic heterocycles. The van der Waals surface area contributed by atoms with E-state index in [9.17, 15) is 4.79 Å². The van der Waals surface area contributed by atoms with Crippen LogP contribution < -0.4 is 0 Å². The van der Waals surface area contributed by atoms with Crippen LogP contribution in [0.1, 0.15) is 36.6 Å². The zero-order valence-corrected chi connectivity index (χ0v) is 18.3. The number of fused-ring (bicyclic) bond motifs is 1. The largest absolute Gasteiger partial charge is 0.376 e. The highest BCUT2D eigenvalue weighted by Crippen LogP contribution is 2.33. The average molecular weight is 445 g/mol. The van der Waals surface area contributed by atoms with Crippen molar-refractivity contribution in [2.24, 2.45) is 0 Å². The number of hydrogen-bond acceptors (Lipinski definition) is 8. The number of benzene rings is 1. The van der Waals surface area contributed by atoms with E-state index in [1.165, 1.54) is 16.5 Å². The number of carbonyl (C=O) groups is 1. The quantitative estimate of drug-likeness (QED) is 0.540. The van der Waals surface area contributed by atoms with Gasteiger partial charge in [-0.15, -0.1) is 16.4 Å². The Bertz CT molecular complexity index is 983. The van der Waals surface area contributed by atoms with Crippen molar-refractivity contribution in [3.05, 3.63) is 29.3 Å². The van der Waals surface area contributed by atoms with E-state index < -0.39 is 0 Å². The van der Waals surface area contributed by atoms with Crippen molar-refractivity contribution in [2.45, 2.75) is 49.4 Å². The molecule has 0 aliphatic carbocycles. The molecule has 0 radical (unpaired) electrons. The van der Waals surface area contributed by atoms with Crippen molar-refractivity contribution < 1.29 is 9.53 Å². The zero-order chi connectivity index (χ0) is 20.3. The third-order valence-electron chi connectivity index (χ3n) is 5.66. The Morgan fingerprint density at radius 2 is 2.20 bits per heavy atom. The summed E-state index contributed by atoms with van der Waals surface area (Å²) in [5, 5.41) is 13.8. The highest BCUT2D eigenvalue weighted by molar-refractivity contribution is 7.99. The van der Waals surface area contributed by atoms with Gasteiger partial charge in [-0.25, -0.2) is 9.67 Å². The Kier molecular flexibility index (Phi) is 5.96. The molecular formula is C20H24N6O2S2. The predicted octanol–water partition coefficient (Wildman–Crippen LogP) is 2.96. The fourth-order valence-corrected chi connectivity index (χ4v) is 5.97. The van der Waals surface area contributed by atoms with E-state index in [-0.39, 0.29) is 12.0 Å². The molecule has 1 amide bonds. The number of tetrazole rings is 1. The monoisotopic (exact) mass is 444 g/mol. The van der Waals surface area contributed by atoms with Gasteiger partial charge in [0.25, 0.3) is 0 Å². The van der Waals surface area contributed by atoms with Gasteiger partial charge in [-0.2, -0.15) is 0 Å². The van der Waals surface area contributed by atoms with Gasteiger partial charge in [0, 0.05) is 25.6 Å². The van der Waals surface area contributed by atoms with Gasteiger partial charge < -0.3 is 9.64 Å².